The Morgan fingerprint density at radius 1 is 1.05 bits per heavy atom. The molecular weight excluding hydrogens is 560 g/mol. The van der Waals surface area contributed by atoms with Gasteiger partial charge < -0.3 is 24.8 Å². The van der Waals surface area contributed by atoms with E-state index in [2.05, 4.69) is 13.0 Å². The summed E-state index contributed by atoms with van der Waals surface area (Å²) in [6.07, 6.45) is 19.8. The molecule has 4 aliphatic carbocycles. The Hall–Kier alpha value is -2.81. The highest BCUT2D eigenvalue weighted by atomic mass is 16.6. The van der Waals surface area contributed by atoms with Crippen molar-refractivity contribution >= 4 is 17.7 Å². The van der Waals surface area contributed by atoms with Gasteiger partial charge in [-0.3, -0.25) is 9.59 Å². The van der Waals surface area contributed by atoms with E-state index in [1.54, 1.807) is 38.2 Å². The van der Waals surface area contributed by atoms with E-state index in [1.165, 1.54) is 38.7 Å². The first-order valence-electron chi connectivity index (χ1n) is 16.1. The average Bonchev–Trinajstić information content (AvgIpc) is 3.38. The molecule has 0 amide bonds. The molecule has 0 unspecified atom stereocenters. The van der Waals surface area contributed by atoms with Crippen LogP contribution in [0.3, 0.4) is 0 Å². The lowest BCUT2D eigenvalue weighted by Crippen LogP contribution is -2.66. The first kappa shape index (κ1) is 34.1. The maximum atomic E-state index is 13.3. The lowest BCUT2D eigenvalue weighted by molar-refractivity contribution is -0.226. The molecule has 0 aromatic heterocycles. The number of allylic oxidation sites excluding steroid dienone is 5. The number of ketones is 1. The molecule has 2 fully saturated rings. The molecule has 0 aliphatic heterocycles. The summed E-state index contributed by atoms with van der Waals surface area (Å²) >= 11 is 0. The lowest BCUT2D eigenvalue weighted by Gasteiger charge is -2.53. The third-order valence-electron chi connectivity index (χ3n) is 10.7. The largest absolute Gasteiger partial charge is 0.455 e. The third kappa shape index (κ3) is 5.58. The molecule has 8 heteroatoms. The van der Waals surface area contributed by atoms with E-state index in [9.17, 15) is 29.7 Å². The highest BCUT2D eigenvalue weighted by Crippen LogP contribution is 2.77. The predicted octanol–water partition coefficient (Wildman–Crippen LogP) is 5.08. The van der Waals surface area contributed by atoms with Crippen LogP contribution in [0.1, 0.15) is 86.5 Å². The number of aliphatic hydroxyl groups is 3. The van der Waals surface area contributed by atoms with Crippen LogP contribution in [0.15, 0.2) is 59.8 Å². The molecule has 0 spiro atoms. The van der Waals surface area contributed by atoms with Crippen molar-refractivity contribution in [3.63, 3.8) is 0 Å². The SMILES string of the molecule is CCCCCCC/C=C/C=C/C=C\C(=O)O[C@@H]1[C@@H](C)[C@@]2(O)[C@@H](C=C(CO)C[C@]3(O)C(=O)C(C)=C[C@@H]23)[C@@H]2C(C)(C)[C@]12OC(C)=O. The molecule has 4 rings (SSSR count). The molecule has 0 heterocycles. The topological polar surface area (TPSA) is 130 Å². The number of esters is 2. The van der Waals surface area contributed by atoms with Crippen LogP contribution >= 0.6 is 0 Å². The summed E-state index contributed by atoms with van der Waals surface area (Å²) in [7, 11) is 0. The van der Waals surface area contributed by atoms with Gasteiger partial charge in [0.1, 0.15) is 11.7 Å². The Morgan fingerprint density at radius 2 is 1.73 bits per heavy atom. The van der Waals surface area contributed by atoms with Crippen LogP contribution < -0.4 is 0 Å². The normalized spacial score (nSPS) is 37.3. The molecule has 0 saturated heterocycles. The Bertz CT molecular complexity index is 1290. The van der Waals surface area contributed by atoms with E-state index in [4.69, 9.17) is 9.47 Å². The fraction of sp³-hybridized carbons (Fsp3) is 0.639. The molecule has 0 aromatic carbocycles. The zero-order valence-corrected chi connectivity index (χ0v) is 27.0. The van der Waals surface area contributed by atoms with E-state index >= 15 is 0 Å². The lowest BCUT2D eigenvalue weighted by atomic mass is 9.59. The van der Waals surface area contributed by atoms with Gasteiger partial charge in [0, 0.05) is 48.5 Å². The van der Waals surface area contributed by atoms with Gasteiger partial charge in [-0.15, -0.1) is 0 Å². The number of fused-ring (bicyclic) bond motifs is 5. The second-order valence-corrected chi connectivity index (χ2v) is 13.8. The summed E-state index contributed by atoms with van der Waals surface area (Å²) < 4.78 is 12.1. The van der Waals surface area contributed by atoms with E-state index in [0.29, 0.717) is 11.1 Å². The molecule has 242 valence electrons. The highest BCUT2D eigenvalue weighted by Gasteiger charge is 2.87. The average molecular weight is 611 g/mol. The Kier molecular flexibility index (Phi) is 9.98. The fourth-order valence-electron chi connectivity index (χ4n) is 8.53. The number of Topliss-reactive ketones (excluding diaryl/α,β-unsaturated/α-hetero) is 1. The Balaban J connectivity index is 1.61. The van der Waals surface area contributed by atoms with Crippen molar-refractivity contribution in [3.05, 3.63) is 59.8 Å². The summed E-state index contributed by atoms with van der Waals surface area (Å²) in [6.45, 7) is 10.2. The van der Waals surface area contributed by atoms with Gasteiger partial charge in [-0.05, 0) is 30.9 Å². The summed E-state index contributed by atoms with van der Waals surface area (Å²) in [4.78, 5) is 39.0. The van der Waals surface area contributed by atoms with Crippen molar-refractivity contribution in [2.24, 2.45) is 29.1 Å². The molecule has 0 radical (unpaired) electrons. The maximum Gasteiger partial charge on any atom is 0.331 e. The quantitative estimate of drug-likeness (QED) is 0.0917. The van der Waals surface area contributed by atoms with E-state index < -0.39 is 76.3 Å². The zero-order valence-electron chi connectivity index (χ0n) is 27.0. The fourth-order valence-corrected chi connectivity index (χ4v) is 8.53. The number of aliphatic hydroxyl groups excluding tert-OH is 1. The minimum absolute atomic E-state index is 0.132. The standard InChI is InChI=1S/C36H50O8/c1-7-8-9-10-11-12-13-14-15-16-17-18-29(39)43-32-24(3)35(42)27(30-33(5,6)36(30,32)44-25(4)38)20-26(22-37)21-34(41)28(35)19-23(2)31(34)40/h13-20,24,27-28,30,32,37,41-42H,7-12,21-22H2,1-6H3/b14-13+,16-15+,18-17-/t24-,27+,28-,30-,32-,34-,35-,36-/m1/s1. The molecule has 2 saturated carbocycles. The summed E-state index contributed by atoms with van der Waals surface area (Å²) in [6, 6.07) is 0. The summed E-state index contributed by atoms with van der Waals surface area (Å²) in [5, 5.41) is 34.7. The van der Waals surface area contributed by atoms with Crippen LogP contribution in [-0.2, 0) is 23.9 Å². The number of carbonyl (C=O) groups is 3. The first-order chi connectivity index (χ1) is 20.7. The summed E-state index contributed by atoms with van der Waals surface area (Å²) in [5.74, 6) is -4.79. The van der Waals surface area contributed by atoms with Gasteiger partial charge in [0.2, 0.25) is 0 Å². The number of hydrogen-bond acceptors (Lipinski definition) is 8. The van der Waals surface area contributed by atoms with Crippen LogP contribution in [0.4, 0.5) is 0 Å². The zero-order chi connectivity index (χ0) is 32.5. The van der Waals surface area contributed by atoms with Crippen LogP contribution in [0.5, 0.6) is 0 Å². The molecule has 8 atom stereocenters. The van der Waals surface area contributed by atoms with Crippen LogP contribution in [-0.4, -0.2) is 62.6 Å². The van der Waals surface area contributed by atoms with Crippen LogP contribution in [0, 0.1) is 29.1 Å². The van der Waals surface area contributed by atoms with Crippen molar-refractivity contribution in [1.29, 1.82) is 0 Å². The van der Waals surface area contributed by atoms with Crippen molar-refractivity contribution in [1.82, 2.24) is 0 Å². The molecule has 0 bridgehead atoms. The second-order valence-electron chi connectivity index (χ2n) is 13.8. The Morgan fingerprint density at radius 3 is 2.39 bits per heavy atom. The predicted molar refractivity (Wildman–Crippen MR) is 167 cm³/mol. The van der Waals surface area contributed by atoms with Gasteiger partial charge in [0.25, 0.3) is 0 Å². The van der Waals surface area contributed by atoms with Gasteiger partial charge in [-0.2, -0.15) is 0 Å². The molecule has 44 heavy (non-hydrogen) atoms. The number of rotatable bonds is 12. The third-order valence-corrected chi connectivity index (χ3v) is 10.7. The molecule has 4 aliphatic rings. The number of unbranched alkanes of at least 4 members (excludes halogenated alkanes) is 5. The van der Waals surface area contributed by atoms with Crippen LogP contribution in [0.25, 0.3) is 0 Å². The number of carbonyl (C=O) groups excluding carboxylic acids is 3. The van der Waals surface area contributed by atoms with Crippen molar-refractivity contribution in [2.75, 3.05) is 6.61 Å². The van der Waals surface area contributed by atoms with E-state index in [0.717, 1.165) is 12.8 Å². The summed E-state index contributed by atoms with van der Waals surface area (Å²) in [5.41, 5.74) is -4.95. The second kappa shape index (κ2) is 12.9. The molecule has 3 N–H and O–H groups in total. The molecule has 8 nitrogen and oxygen atoms in total. The van der Waals surface area contributed by atoms with Crippen molar-refractivity contribution in [3.8, 4) is 0 Å². The Labute approximate surface area is 261 Å². The van der Waals surface area contributed by atoms with Gasteiger partial charge in [0.05, 0.1) is 12.2 Å². The smallest absolute Gasteiger partial charge is 0.331 e. The van der Waals surface area contributed by atoms with Gasteiger partial charge in [-0.25, -0.2) is 4.79 Å². The number of ether oxygens (including phenoxy) is 2. The van der Waals surface area contributed by atoms with Gasteiger partial charge in [0.15, 0.2) is 11.4 Å². The van der Waals surface area contributed by atoms with Gasteiger partial charge >= 0.3 is 11.9 Å². The minimum Gasteiger partial charge on any atom is -0.455 e. The number of hydrogen-bond donors (Lipinski definition) is 3. The monoisotopic (exact) mass is 610 g/mol. The van der Waals surface area contributed by atoms with E-state index in [1.807, 2.05) is 26.0 Å². The van der Waals surface area contributed by atoms with E-state index in [-0.39, 0.29) is 6.42 Å². The highest BCUT2D eigenvalue weighted by molar-refractivity contribution is 6.04. The molecular formula is C36H50O8. The minimum atomic E-state index is -1.96. The first-order valence-corrected chi connectivity index (χ1v) is 16.1. The van der Waals surface area contributed by atoms with Crippen molar-refractivity contribution < 1.29 is 39.2 Å². The maximum absolute atomic E-state index is 13.3. The van der Waals surface area contributed by atoms with Crippen molar-refractivity contribution in [2.45, 2.75) is 109 Å². The van der Waals surface area contributed by atoms with Crippen LogP contribution in [0.2, 0.25) is 0 Å². The molecule has 0 aromatic rings. The van der Waals surface area contributed by atoms with Gasteiger partial charge in [-0.1, -0.05) is 95.9 Å².